The van der Waals surface area contributed by atoms with Crippen molar-refractivity contribution in [1.82, 2.24) is 5.32 Å². The molecule has 1 unspecified atom stereocenters. The van der Waals surface area contributed by atoms with Crippen LogP contribution in [0.2, 0.25) is 0 Å². The predicted molar refractivity (Wildman–Crippen MR) is 74.9 cm³/mol. The second kappa shape index (κ2) is 9.04. The van der Waals surface area contributed by atoms with E-state index in [-0.39, 0.29) is 0 Å². The molecule has 0 aromatic carbocycles. The third-order valence-corrected chi connectivity index (χ3v) is 3.31. The molecule has 0 rings (SSSR count). The van der Waals surface area contributed by atoms with Gasteiger partial charge in [-0.15, -0.1) is 0 Å². The highest BCUT2D eigenvalue weighted by atomic mass is 14.8. The molecule has 1 heteroatoms. The highest BCUT2D eigenvalue weighted by molar-refractivity contribution is 4.67. The normalized spacial score (nSPS) is 14.1. The minimum atomic E-state index is 0.507. The molecule has 0 aliphatic carbocycles. The van der Waals surface area contributed by atoms with Gasteiger partial charge >= 0.3 is 0 Å². The van der Waals surface area contributed by atoms with E-state index in [9.17, 15) is 0 Å². The molecule has 0 radical (unpaired) electrons. The summed E-state index contributed by atoms with van der Waals surface area (Å²) in [5.41, 5.74) is 0.507. The van der Waals surface area contributed by atoms with Crippen LogP contribution >= 0.6 is 0 Å². The fourth-order valence-corrected chi connectivity index (χ4v) is 2.13. The minimum absolute atomic E-state index is 0.507. The molecule has 1 N–H and O–H groups in total. The summed E-state index contributed by atoms with van der Waals surface area (Å²) in [6, 6.07) is 0. The predicted octanol–water partition coefficient (Wildman–Crippen LogP) is 4.62. The summed E-state index contributed by atoms with van der Waals surface area (Å²) in [4.78, 5) is 0. The maximum atomic E-state index is 3.25. The monoisotopic (exact) mass is 227 g/mol. The highest BCUT2D eigenvalue weighted by Crippen LogP contribution is 2.28. The molecule has 0 aliphatic rings. The van der Waals surface area contributed by atoms with Crippen molar-refractivity contribution in [2.75, 3.05) is 13.6 Å². The average molecular weight is 227 g/mol. The van der Waals surface area contributed by atoms with Crippen LogP contribution < -0.4 is 5.32 Å². The second-order valence-electron chi connectivity index (χ2n) is 6.35. The van der Waals surface area contributed by atoms with Crippen LogP contribution in [0.5, 0.6) is 0 Å². The van der Waals surface area contributed by atoms with Crippen molar-refractivity contribution in [2.24, 2.45) is 11.3 Å². The van der Waals surface area contributed by atoms with Gasteiger partial charge in [-0.1, -0.05) is 47.0 Å². The molecule has 0 fully saturated rings. The number of rotatable bonds is 9. The molecule has 1 nitrogen and oxygen atoms in total. The van der Waals surface area contributed by atoms with Crippen molar-refractivity contribution < 1.29 is 0 Å². The van der Waals surface area contributed by atoms with Crippen LogP contribution in [0.3, 0.4) is 0 Å². The van der Waals surface area contributed by atoms with Gasteiger partial charge in [0.1, 0.15) is 0 Å². The molecule has 0 saturated carbocycles. The summed E-state index contributed by atoms with van der Waals surface area (Å²) in [5.74, 6) is 0.965. The third kappa shape index (κ3) is 10.5. The van der Waals surface area contributed by atoms with Gasteiger partial charge in [-0.3, -0.25) is 0 Å². The van der Waals surface area contributed by atoms with Crippen LogP contribution in [-0.4, -0.2) is 13.6 Å². The van der Waals surface area contributed by atoms with Crippen molar-refractivity contribution in [3.63, 3.8) is 0 Å². The maximum absolute atomic E-state index is 3.25. The Bertz CT molecular complexity index is 146. The molecule has 0 aromatic heterocycles. The van der Waals surface area contributed by atoms with Gasteiger partial charge in [0.15, 0.2) is 0 Å². The Morgan fingerprint density at radius 2 is 1.62 bits per heavy atom. The fourth-order valence-electron chi connectivity index (χ4n) is 2.13. The van der Waals surface area contributed by atoms with E-state index < -0.39 is 0 Å². The van der Waals surface area contributed by atoms with Gasteiger partial charge in [-0.25, -0.2) is 0 Å². The number of hydrogen-bond acceptors (Lipinski definition) is 1. The largest absolute Gasteiger partial charge is 0.320 e. The average Bonchev–Trinajstić information content (AvgIpc) is 2.20. The van der Waals surface area contributed by atoms with Gasteiger partial charge in [-0.2, -0.15) is 0 Å². The first-order valence-corrected chi connectivity index (χ1v) is 7.14. The Kier molecular flexibility index (Phi) is 9.02. The van der Waals surface area contributed by atoms with E-state index in [0.717, 1.165) is 5.92 Å². The fraction of sp³-hybridized carbons (Fsp3) is 1.00. The summed E-state index contributed by atoms with van der Waals surface area (Å²) in [7, 11) is 2.05. The zero-order valence-corrected chi connectivity index (χ0v) is 12.2. The van der Waals surface area contributed by atoms with Crippen LogP contribution in [0.4, 0.5) is 0 Å². The van der Waals surface area contributed by atoms with Crippen molar-refractivity contribution in [3.8, 4) is 0 Å². The highest BCUT2D eigenvalue weighted by Gasteiger charge is 2.14. The van der Waals surface area contributed by atoms with E-state index in [4.69, 9.17) is 0 Å². The lowest BCUT2D eigenvalue weighted by Crippen LogP contribution is -2.13. The van der Waals surface area contributed by atoms with Crippen LogP contribution in [-0.2, 0) is 0 Å². The summed E-state index contributed by atoms with van der Waals surface area (Å²) < 4.78 is 0. The molecule has 0 saturated heterocycles. The molecule has 1 atom stereocenters. The van der Waals surface area contributed by atoms with Crippen LogP contribution in [0.15, 0.2) is 0 Å². The van der Waals surface area contributed by atoms with Crippen molar-refractivity contribution in [2.45, 2.75) is 72.6 Å². The molecular weight excluding hydrogens is 194 g/mol. The molecule has 0 amide bonds. The Morgan fingerprint density at radius 3 is 2.12 bits per heavy atom. The van der Waals surface area contributed by atoms with E-state index in [1.807, 2.05) is 0 Å². The third-order valence-electron chi connectivity index (χ3n) is 3.31. The van der Waals surface area contributed by atoms with Gasteiger partial charge in [0.2, 0.25) is 0 Å². The lowest BCUT2D eigenvalue weighted by atomic mass is 9.83. The SMILES string of the molecule is CCCCC(CCCNC)CCC(C)(C)C. The zero-order valence-electron chi connectivity index (χ0n) is 12.2. The lowest BCUT2D eigenvalue weighted by Gasteiger charge is -2.23. The zero-order chi connectivity index (χ0) is 12.4. The lowest BCUT2D eigenvalue weighted by molar-refractivity contribution is 0.296. The first kappa shape index (κ1) is 16.0. The molecular formula is C15H33N. The molecule has 0 aromatic rings. The smallest absolute Gasteiger partial charge is 0.00518 e. The van der Waals surface area contributed by atoms with Gasteiger partial charge < -0.3 is 5.32 Å². The van der Waals surface area contributed by atoms with E-state index in [2.05, 4.69) is 40.1 Å². The van der Waals surface area contributed by atoms with Crippen molar-refractivity contribution >= 4 is 0 Å². The van der Waals surface area contributed by atoms with E-state index in [1.54, 1.807) is 0 Å². The molecule has 0 spiro atoms. The standard InChI is InChI=1S/C15H33N/c1-6-7-9-14(10-8-13-16-5)11-12-15(2,3)4/h14,16H,6-13H2,1-5H3. The van der Waals surface area contributed by atoms with Gasteiger partial charge in [0, 0.05) is 0 Å². The Labute approximate surface area is 103 Å². The number of nitrogens with one attached hydrogen (secondary N) is 1. The van der Waals surface area contributed by atoms with Crippen LogP contribution in [0.25, 0.3) is 0 Å². The molecule has 0 bridgehead atoms. The van der Waals surface area contributed by atoms with Gasteiger partial charge in [0.25, 0.3) is 0 Å². The van der Waals surface area contributed by atoms with Crippen LogP contribution in [0, 0.1) is 11.3 Å². The topological polar surface area (TPSA) is 12.0 Å². The molecule has 0 heterocycles. The van der Waals surface area contributed by atoms with E-state index in [0.29, 0.717) is 5.41 Å². The summed E-state index contributed by atoms with van der Waals surface area (Å²) in [6.45, 7) is 10.6. The minimum Gasteiger partial charge on any atom is -0.320 e. The summed E-state index contributed by atoms with van der Waals surface area (Å²) in [5, 5.41) is 3.25. The first-order chi connectivity index (χ1) is 7.49. The van der Waals surface area contributed by atoms with Crippen LogP contribution in [0.1, 0.15) is 72.6 Å². The Hall–Kier alpha value is -0.0400. The molecule has 0 aliphatic heterocycles. The number of unbranched alkanes of at least 4 members (excludes halogenated alkanes) is 1. The Morgan fingerprint density at radius 1 is 1.00 bits per heavy atom. The quantitative estimate of drug-likeness (QED) is 0.567. The first-order valence-electron chi connectivity index (χ1n) is 7.14. The second-order valence-corrected chi connectivity index (χ2v) is 6.35. The van der Waals surface area contributed by atoms with E-state index in [1.165, 1.54) is 51.5 Å². The number of hydrogen-bond donors (Lipinski definition) is 1. The van der Waals surface area contributed by atoms with E-state index >= 15 is 0 Å². The van der Waals surface area contributed by atoms with Crippen molar-refractivity contribution in [3.05, 3.63) is 0 Å². The summed E-state index contributed by atoms with van der Waals surface area (Å²) in [6.07, 6.45) is 9.75. The van der Waals surface area contributed by atoms with Gasteiger partial charge in [0.05, 0.1) is 0 Å². The molecule has 16 heavy (non-hydrogen) atoms. The van der Waals surface area contributed by atoms with Crippen molar-refractivity contribution in [1.29, 1.82) is 0 Å². The summed E-state index contributed by atoms with van der Waals surface area (Å²) >= 11 is 0. The maximum Gasteiger partial charge on any atom is -0.00518 e. The molecule has 98 valence electrons. The Balaban J connectivity index is 3.80. The van der Waals surface area contributed by atoms with Gasteiger partial charge in [-0.05, 0) is 50.6 Å².